The van der Waals surface area contributed by atoms with Crippen LogP contribution in [0, 0.1) is 11.6 Å². The normalized spacial score (nSPS) is 11.6. The molecule has 1 aromatic carbocycles. The first-order valence-corrected chi connectivity index (χ1v) is 7.02. The molecule has 2 rings (SSSR count). The van der Waals surface area contributed by atoms with Crippen LogP contribution in [0.25, 0.3) is 0 Å². The third-order valence-electron chi connectivity index (χ3n) is 3.08. The van der Waals surface area contributed by atoms with E-state index in [0.29, 0.717) is 0 Å². The molecular formula is C15H13F2N3O5. The van der Waals surface area contributed by atoms with Crippen LogP contribution in [0.1, 0.15) is 6.92 Å². The molecule has 0 fully saturated rings. The molecule has 1 atom stereocenters. The van der Waals surface area contributed by atoms with E-state index >= 15 is 0 Å². The third kappa shape index (κ3) is 4.59. The van der Waals surface area contributed by atoms with Gasteiger partial charge in [0, 0.05) is 12.3 Å². The Hall–Kier alpha value is -3.30. The number of para-hydroxylation sites is 1. The summed E-state index contributed by atoms with van der Waals surface area (Å²) in [5, 5.41) is 1.98. The molecule has 8 nitrogen and oxygen atoms in total. The fourth-order valence-electron chi connectivity index (χ4n) is 1.84. The lowest BCUT2D eigenvalue weighted by molar-refractivity contribution is -0.153. The van der Waals surface area contributed by atoms with Crippen molar-refractivity contribution in [2.45, 2.75) is 19.6 Å². The largest absolute Gasteiger partial charge is 0.451 e. The number of esters is 1. The molecule has 10 heteroatoms. The van der Waals surface area contributed by atoms with Gasteiger partial charge in [0.1, 0.15) is 23.9 Å². The summed E-state index contributed by atoms with van der Waals surface area (Å²) in [5.74, 6) is -3.87. The van der Waals surface area contributed by atoms with E-state index in [4.69, 9.17) is 4.74 Å². The van der Waals surface area contributed by atoms with Crippen molar-refractivity contribution in [3.63, 3.8) is 0 Å². The first-order valence-electron chi connectivity index (χ1n) is 7.02. The quantitative estimate of drug-likeness (QED) is 0.756. The van der Waals surface area contributed by atoms with Gasteiger partial charge in [-0.3, -0.25) is 23.9 Å². The lowest BCUT2D eigenvalue weighted by Gasteiger charge is -2.14. The van der Waals surface area contributed by atoms with Crippen molar-refractivity contribution >= 4 is 17.6 Å². The van der Waals surface area contributed by atoms with Crippen LogP contribution in [0.5, 0.6) is 0 Å². The monoisotopic (exact) mass is 353 g/mol. The molecule has 2 aromatic rings. The predicted molar refractivity (Wildman–Crippen MR) is 81.9 cm³/mol. The van der Waals surface area contributed by atoms with E-state index in [1.165, 1.54) is 6.92 Å². The number of carbonyl (C=O) groups excluding carboxylic acids is 2. The van der Waals surface area contributed by atoms with Gasteiger partial charge >= 0.3 is 11.7 Å². The van der Waals surface area contributed by atoms with Gasteiger partial charge in [-0.05, 0) is 19.1 Å². The van der Waals surface area contributed by atoms with Crippen LogP contribution in [0.15, 0.2) is 40.1 Å². The molecule has 1 aromatic heterocycles. The fourth-order valence-corrected chi connectivity index (χ4v) is 1.84. The highest BCUT2D eigenvalue weighted by Gasteiger charge is 2.21. The van der Waals surface area contributed by atoms with Crippen molar-refractivity contribution in [3.8, 4) is 0 Å². The van der Waals surface area contributed by atoms with Crippen molar-refractivity contribution in [2.75, 3.05) is 5.32 Å². The SMILES string of the molecule is C[C@H](OC(=O)Cn1ccc(=O)[nH]c1=O)C(=O)Nc1c(F)cccc1F. The summed E-state index contributed by atoms with van der Waals surface area (Å²) >= 11 is 0. The van der Waals surface area contributed by atoms with Gasteiger partial charge in [0.15, 0.2) is 6.10 Å². The number of amides is 1. The minimum absolute atomic E-state index is 0.554. The molecule has 1 amide bonds. The molecule has 0 aliphatic heterocycles. The van der Waals surface area contributed by atoms with Crippen LogP contribution in [0.2, 0.25) is 0 Å². The van der Waals surface area contributed by atoms with E-state index in [2.05, 4.69) is 0 Å². The van der Waals surface area contributed by atoms with Crippen molar-refractivity contribution in [2.24, 2.45) is 0 Å². The Bertz CT molecular complexity index is 902. The number of rotatable bonds is 5. The molecule has 0 spiro atoms. The van der Waals surface area contributed by atoms with Crippen LogP contribution in [0.4, 0.5) is 14.5 Å². The van der Waals surface area contributed by atoms with Crippen molar-refractivity contribution in [1.82, 2.24) is 9.55 Å². The summed E-state index contributed by atoms with van der Waals surface area (Å²) in [6.45, 7) is 0.642. The van der Waals surface area contributed by atoms with E-state index in [1.54, 1.807) is 0 Å². The number of aromatic nitrogens is 2. The van der Waals surface area contributed by atoms with Gasteiger partial charge < -0.3 is 10.1 Å². The maximum absolute atomic E-state index is 13.5. The Morgan fingerprint density at radius 1 is 1.24 bits per heavy atom. The molecule has 0 aliphatic rings. The number of hydrogen-bond acceptors (Lipinski definition) is 5. The average Bonchev–Trinajstić information content (AvgIpc) is 2.53. The Morgan fingerprint density at radius 2 is 1.88 bits per heavy atom. The number of nitrogens with one attached hydrogen (secondary N) is 2. The van der Waals surface area contributed by atoms with Crippen LogP contribution < -0.4 is 16.6 Å². The standard InChI is InChI=1S/C15H13F2N3O5/c1-8(14(23)19-13-9(16)3-2-4-10(13)17)25-12(22)7-20-6-5-11(21)18-15(20)24/h2-6,8H,7H2,1H3,(H,19,23)(H,18,21,24)/t8-/m0/s1. The predicted octanol–water partition coefficient (Wildman–Crippen LogP) is 0.385. The van der Waals surface area contributed by atoms with Crippen molar-refractivity contribution < 1.29 is 23.1 Å². The van der Waals surface area contributed by atoms with Crippen LogP contribution in [0.3, 0.4) is 0 Å². The second-order valence-corrected chi connectivity index (χ2v) is 4.96. The van der Waals surface area contributed by atoms with Crippen LogP contribution >= 0.6 is 0 Å². The zero-order valence-electron chi connectivity index (χ0n) is 12.9. The molecule has 0 saturated carbocycles. The van der Waals surface area contributed by atoms with Gasteiger partial charge in [-0.25, -0.2) is 13.6 Å². The fraction of sp³-hybridized carbons (Fsp3) is 0.200. The number of hydrogen-bond donors (Lipinski definition) is 2. The van der Waals surface area contributed by atoms with E-state index in [9.17, 15) is 28.0 Å². The first-order chi connectivity index (χ1) is 11.8. The van der Waals surface area contributed by atoms with Crippen molar-refractivity contribution in [3.05, 3.63) is 62.9 Å². The molecular weight excluding hydrogens is 340 g/mol. The second kappa shape index (κ2) is 7.51. The number of nitrogens with zero attached hydrogens (tertiary/aromatic N) is 1. The maximum atomic E-state index is 13.5. The number of H-pyrrole nitrogens is 1. The summed E-state index contributed by atoms with van der Waals surface area (Å²) in [4.78, 5) is 47.9. The number of aromatic amines is 1. The number of carbonyl (C=O) groups is 2. The Balaban J connectivity index is 1.99. The number of halogens is 2. The molecule has 0 unspecified atom stereocenters. The van der Waals surface area contributed by atoms with E-state index in [-0.39, 0.29) is 0 Å². The molecule has 132 valence electrons. The summed E-state index contributed by atoms with van der Waals surface area (Å²) in [7, 11) is 0. The van der Waals surface area contributed by atoms with Gasteiger partial charge in [0.2, 0.25) is 0 Å². The van der Waals surface area contributed by atoms with Gasteiger partial charge in [0.25, 0.3) is 11.5 Å². The molecule has 0 radical (unpaired) electrons. The van der Waals surface area contributed by atoms with Gasteiger partial charge in [0.05, 0.1) is 0 Å². The summed E-state index contributed by atoms with van der Waals surface area (Å²) in [5.41, 5.74) is -2.11. The zero-order valence-corrected chi connectivity index (χ0v) is 12.9. The van der Waals surface area contributed by atoms with Crippen molar-refractivity contribution in [1.29, 1.82) is 0 Å². The minimum Gasteiger partial charge on any atom is -0.451 e. The first kappa shape index (κ1) is 18.0. The highest BCUT2D eigenvalue weighted by molar-refractivity contribution is 5.95. The average molecular weight is 353 g/mol. The highest BCUT2D eigenvalue weighted by atomic mass is 19.1. The van der Waals surface area contributed by atoms with E-state index in [1.807, 2.05) is 10.3 Å². The topological polar surface area (TPSA) is 110 Å². The van der Waals surface area contributed by atoms with Crippen LogP contribution in [-0.2, 0) is 20.9 Å². The van der Waals surface area contributed by atoms with E-state index in [0.717, 1.165) is 35.0 Å². The Morgan fingerprint density at radius 3 is 2.48 bits per heavy atom. The summed E-state index contributed by atoms with van der Waals surface area (Å²) in [6, 6.07) is 4.08. The van der Waals surface area contributed by atoms with Gasteiger partial charge in [-0.2, -0.15) is 0 Å². The number of ether oxygens (including phenoxy) is 1. The number of benzene rings is 1. The van der Waals surface area contributed by atoms with Crippen LogP contribution in [-0.4, -0.2) is 27.5 Å². The molecule has 0 bridgehead atoms. The molecule has 1 heterocycles. The smallest absolute Gasteiger partial charge is 0.328 e. The molecule has 0 saturated heterocycles. The highest BCUT2D eigenvalue weighted by Crippen LogP contribution is 2.18. The third-order valence-corrected chi connectivity index (χ3v) is 3.08. The van der Waals surface area contributed by atoms with Gasteiger partial charge in [-0.15, -0.1) is 0 Å². The second-order valence-electron chi connectivity index (χ2n) is 4.96. The van der Waals surface area contributed by atoms with E-state index < -0.39 is 53.1 Å². The lowest BCUT2D eigenvalue weighted by atomic mass is 10.2. The molecule has 25 heavy (non-hydrogen) atoms. The Labute approximate surface area is 139 Å². The molecule has 0 aliphatic carbocycles. The molecule has 2 N–H and O–H groups in total. The lowest BCUT2D eigenvalue weighted by Crippen LogP contribution is -2.35. The minimum atomic E-state index is -1.37. The Kier molecular flexibility index (Phi) is 5.42. The summed E-state index contributed by atoms with van der Waals surface area (Å²) in [6.07, 6.45) is -0.285. The van der Waals surface area contributed by atoms with Gasteiger partial charge in [-0.1, -0.05) is 6.07 Å². The maximum Gasteiger partial charge on any atom is 0.328 e. The number of anilines is 1. The summed E-state index contributed by atoms with van der Waals surface area (Å²) < 4.78 is 32.6. The zero-order chi connectivity index (χ0) is 18.6.